The summed E-state index contributed by atoms with van der Waals surface area (Å²) in [6.45, 7) is 1.64. The zero-order valence-electron chi connectivity index (χ0n) is 17.1. The van der Waals surface area contributed by atoms with Gasteiger partial charge in [-0.3, -0.25) is 4.90 Å². The molecule has 2 aliphatic rings. The number of aliphatic hydroxyl groups is 1. The van der Waals surface area contributed by atoms with Gasteiger partial charge in [0.1, 0.15) is 5.75 Å². The quantitative estimate of drug-likeness (QED) is 0.456. The van der Waals surface area contributed by atoms with E-state index in [1.807, 2.05) is 12.1 Å². The Morgan fingerprint density at radius 3 is 2.86 bits per heavy atom. The maximum absolute atomic E-state index is 12.4. The van der Waals surface area contributed by atoms with Crippen LogP contribution in [-0.4, -0.2) is 62.0 Å². The van der Waals surface area contributed by atoms with Crippen molar-refractivity contribution in [3.05, 3.63) is 41.3 Å². The fourth-order valence-corrected chi connectivity index (χ4v) is 5.05. The summed E-state index contributed by atoms with van der Waals surface area (Å²) in [5.74, 6) is 0.279. The van der Waals surface area contributed by atoms with E-state index in [1.54, 1.807) is 7.11 Å². The van der Waals surface area contributed by atoms with Crippen molar-refractivity contribution in [1.82, 2.24) is 9.88 Å². The molecule has 7 nitrogen and oxygen atoms in total. The van der Waals surface area contributed by atoms with Crippen LogP contribution in [0, 0.1) is 11.8 Å². The number of nitrogens with one attached hydrogen (secondary N) is 1. The van der Waals surface area contributed by atoms with Crippen LogP contribution in [0.15, 0.2) is 30.0 Å². The number of carbonyl (C=O) groups is 1. The molecule has 0 spiro atoms. The van der Waals surface area contributed by atoms with Gasteiger partial charge in [-0.2, -0.15) is 0 Å². The minimum Gasteiger partial charge on any atom is -0.504 e. The molecule has 1 aromatic heterocycles. The number of esters is 1. The Morgan fingerprint density at radius 2 is 2.17 bits per heavy atom. The molecule has 2 aromatic rings. The third-order valence-corrected chi connectivity index (χ3v) is 6.38. The van der Waals surface area contributed by atoms with Crippen molar-refractivity contribution in [2.24, 2.45) is 11.8 Å². The maximum atomic E-state index is 12.4. The third kappa shape index (κ3) is 3.28. The summed E-state index contributed by atoms with van der Waals surface area (Å²) in [7, 11) is 4.59. The van der Waals surface area contributed by atoms with Crippen LogP contribution in [0.25, 0.3) is 10.9 Å². The predicted molar refractivity (Wildman–Crippen MR) is 109 cm³/mol. The molecule has 4 rings (SSSR count). The highest BCUT2D eigenvalue weighted by atomic mass is 16.5. The lowest BCUT2D eigenvalue weighted by molar-refractivity contribution is -0.137. The number of hydrogen-bond donors (Lipinski definition) is 2. The largest absolute Gasteiger partial charge is 0.504 e. The highest BCUT2D eigenvalue weighted by molar-refractivity contribution is 5.91. The van der Waals surface area contributed by atoms with Crippen LogP contribution >= 0.6 is 0 Å². The molecule has 0 unspecified atom stereocenters. The lowest BCUT2D eigenvalue weighted by atomic mass is 9.75. The van der Waals surface area contributed by atoms with E-state index < -0.39 is 5.97 Å². The second kappa shape index (κ2) is 8.08. The summed E-state index contributed by atoms with van der Waals surface area (Å²) in [6.07, 6.45) is 3.09. The van der Waals surface area contributed by atoms with Crippen LogP contribution in [-0.2, 0) is 20.7 Å². The van der Waals surface area contributed by atoms with Crippen molar-refractivity contribution in [1.29, 1.82) is 0 Å². The van der Waals surface area contributed by atoms with E-state index in [0.717, 1.165) is 36.2 Å². The first-order valence-electron chi connectivity index (χ1n) is 9.96. The van der Waals surface area contributed by atoms with Crippen molar-refractivity contribution in [2.45, 2.75) is 18.9 Å². The normalized spacial score (nSPS) is 24.7. The molecule has 0 saturated carbocycles. The second-order valence-electron chi connectivity index (χ2n) is 7.75. The van der Waals surface area contributed by atoms with Gasteiger partial charge >= 0.3 is 5.97 Å². The van der Waals surface area contributed by atoms with Crippen molar-refractivity contribution < 1.29 is 24.1 Å². The number of fused-ring (bicyclic) bond motifs is 5. The Labute approximate surface area is 170 Å². The minimum absolute atomic E-state index is 0.0132. The van der Waals surface area contributed by atoms with Crippen molar-refractivity contribution in [3.63, 3.8) is 0 Å². The number of nitrogens with zero attached hydrogens (tertiary/aromatic N) is 1. The number of aliphatic hydroxyl groups excluding tert-OH is 1. The standard InChI is InChI=1S/C22H28N2O5/c1-27-12-16(22(26)29-3)15-9-18-21-14(7-8-24(18)10-13(15)11-25)20-17(23-21)5-4-6-19(20)28-2/h4-6,12-13,15,18,23,25H,7-11H2,1-3H3/b16-12+/t13-,15-,18-/m0/s1. The molecule has 3 heterocycles. The number of ether oxygens (including phenoxy) is 3. The fraction of sp³-hybridized carbons (Fsp3) is 0.500. The number of methoxy groups -OCH3 is 3. The summed E-state index contributed by atoms with van der Waals surface area (Å²) in [5.41, 5.74) is 4.01. The average molecular weight is 400 g/mol. The van der Waals surface area contributed by atoms with Gasteiger partial charge in [-0.05, 0) is 30.5 Å². The van der Waals surface area contributed by atoms with E-state index in [9.17, 15) is 9.90 Å². The zero-order valence-corrected chi connectivity index (χ0v) is 17.1. The number of rotatable bonds is 5. The SMILES string of the molecule is CO/C=C(/C(=O)OC)[C@H]1C[C@H]2c3[nH]c4cccc(OC)c4c3CCN2C[C@H]1CO. The number of benzene rings is 1. The molecular formula is C22H28N2O5. The topological polar surface area (TPSA) is 84.0 Å². The van der Waals surface area contributed by atoms with Crippen LogP contribution in [0.1, 0.15) is 23.7 Å². The predicted octanol–water partition coefficient (Wildman–Crippen LogP) is 2.41. The maximum Gasteiger partial charge on any atom is 0.337 e. The highest BCUT2D eigenvalue weighted by Crippen LogP contribution is 2.46. The first kappa shape index (κ1) is 19.8. The van der Waals surface area contributed by atoms with E-state index >= 15 is 0 Å². The summed E-state index contributed by atoms with van der Waals surface area (Å²) in [5, 5.41) is 11.2. The first-order chi connectivity index (χ1) is 14.1. The second-order valence-corrected chi connectivity index (χ2v) is 7.75. The summed E-state index contributed by atoms with van der Waals surface area (Å²) >= 11 is 0. The summed E-state index contributed by atoms with van der Waals surface area (Å²) in [4.78, 5) is 18.4. The van der Waals surface area contributed by atoms with Gasteiger partial charge in [0.2, 0.25) is 0 Å². The number of hydrogen-bond acceptors (Lipinski definition) is 6. The van der Waals surface area contributed by atoms with Gasteiger partial charge < -0.3 is 24.3 Å². The Morgan fingerprint density at radius 1 is 1.34 bits per heavy atom. The van der Waals surface area contributed by atoms with Gasteiger partial charge in [-0.1, -0.05) is 6.07 Å². The third-order valence-electron chi connectivity index (χ3n) is 6.38. The Kier molecular flexibility index (Phi) is 5.52. The smallest absolute Gasteiger partial charge is 0.337 e. The van der Waals surface area contributed by atoms with Crippen LogP contribution in [0.5, 0.6) is 5.75 Å². The van der Waals surface area contributed by atoms with Gasteiger partial charge in [0.15, 0.2) is 0 Å². The molecule has 0 aliphatic carbocycles. The van der Waals surface area contributed by atoms with Crippen LogP contribution in [0.3, 0.4) is 0 Å². The molecule has 7 heteroatoms. The van der Waals surface area contributed by atoms with Gasteiger partial charge in [-0.25, -0.2) is 4.79 Å². The van der Waals surface area contributed by atoms with Crippen molar-refractivity contribution in [2.75, 3.05) is 41.0 Å². The minimum atomic E-state index is -0.405. The Hall–Kier alpha value is -2.51. The zero-order chi connectivity index (χ0) is 20.5. The number of aromatic nitrogens is 1. The highest BCUT2D eigenvalue weighted by Gasteiger charge is 2.43. The Balaban J connectivity index is 1.76. The molecule has 2 aliphatic heterocycles. The average Bonchev–Trinajstić information content (AvgIpc) is 3.15. The van der Waals surface area contributed by atoms with E-state index in [2.05, 4.69) is 16.0 Å². The first-order valence-corrected chi connectivity index (χ1v) is 9.96. The van der Waals surface area contributed by atoms with Gasteiger partial charge in [0, 0.05) is 48.1 Å². The molecule has 3 atom stereocenters. The lowest BCUT2D eigenvalue weighted by Crippen LogP contribution is -2.48. The van der Waals surface area contributed by atoms with E-state index in [-0.39, 0.29) is 24.5 Å². The fourth-order valence-electron chi connectivity index (χ4n) is 5.05. The molecular weight excluding hydrogens is 372 g/mol. The summed E-state index contributed by atoms with van der Waals surface area (Å²) < 4.78 is 15.8. The molecule has 2 N–H and O–H groups in total. The van der Waals surface area contributed by atoms with E-state index in [4.69, 9.17) is 14.2 Å². The van der Waals surface area contributed by atoms with Crippen LogP contribution in [0.4, 0.5) is 0 Å². The molecule has 0 bridgehead atoms. The van der Waals surface area contributed by atoms with Gasteiger partial charge in [0.25, 0.3) is 0 Å². The summed E-state index contributed by atoms with van der Waals surface area (Å²) in [6, 6.07) is 6.18. The van der Waals surface area contributed by atoms with Gasteiger partial charge in [-0.15, -0.1) is 0 Å². The van der Waals surface area contributed by atoms with Crippen molar-refractivity contribution >= 4 is 16.9 Å². The molecule has 29 heavy (non-hydrogen) atoms. The lowest BCUT2D eigenvalue weighted by Gasteiger charge is -2.46. The number of piperidine rings is 1. The molecule has 1 fully saturated rings. The molecule has 156 valence electrons. The van der Waals surface area contributed by atoms with Crippen molar-refractivity contribution in [3.8, 4) is 5.75 Å². The van der Waals surface area contributed by atoms with E-state index in [0.29, 0.717) is 12.0 Å². The van der Waals surface area contributed by atoms with Crippen LogP contribution in [0.2, 0.25) is 0 Å². The molecule has 0 radical (unpaired) electrons. The molecule has 1 saturated heterocycles. The van der Waals surface area contributed by atoms with E-state index in [1.165, 1.54) is 31.7 Å². The number of aromatic amines is 1. The van der Waals surface area contributed by atoms with Crippen LogP contribution < -0.4 is 4.74 Å². The monoisotopic (exact) mass is 400 g/mol. The molecule has 0 amide bonds. The Bertz CT molecular complexity index is 935. The number of carbonyl (C=O) groups excluding carboxylic acids is 1. The number of H-pyrrole nitrogens is 1. The molecule has 1 aromatic carbocycles. The van der Waals surface area contributed by atoms with Gasteiger partial charge in [0.05, 0.1) is 39.2 Å².